The fourth-order valence-corrected chi connectivity index (χ4v) is 3.39. The Kier molecular flexibility index (Phi) is 2.81. The van der Waals surface area contributed by atoms with Crippen LogP contribution in [0.1, 0.15) is 12.0 Å². The van der Waals surface area contributed by atoms with Gasteiger partial charge in [0.05, 0.1) is 11.1 Å². The summed E-state index contributed by atoms with van der Waals surface area (Å²) >= 11 is 1.71. The summed E-state index contributed by atoms with van der Waals surface area (Å²) in [5.41, 5.74) is 2.44. The molecule has 3 heterocycles. The van der Waals surface area contributed by atoms with E-state index < -0.39 is 0 Å². The number of rotatable bonds is 2. The summed E-state index contributed by atoms with van der Waals surface area (Å²) in [6, 6.07) is 10.3. The van der Waals surface area contributed by atoms with E-state index in [-0.39, 0.29) is 0 Å². The molecular weight excluding hydrogens is 268 g/mol. The number of benzene rings is 1. The highest BCUT2D eigenvalue weighted by atomic mass is 32.1. The Morgan fingerprint density at radius 1 is 1.20 bits per heavy atom. The van der Waals surface area contributed by atoms with Gasteiger partial charge in [-0.2, -0.15) is 0 Å². The van der Waals surface area contributed by atoms with Gasteiger partial charge in [0, 0.05) is 17.4 Å². The van der Waals surface area contributed by atoms with E-state index in [1.807, 2.05) is 12.1 Å². The third kappa shape index (κ3) is 1.93. The predicted octanol–water partition coefficient (Wildman–Crippen LogP) is 4.45. The molecule has 1 aromatic carbocycles. The zero-order valence-electron chi connectivity index (χ0n) is 10.9. The van der Waals surface area contributed by atoms with Gasteiger partial charge in [0.2, 0.25) is 5.88 Å². The van der Waals surface area contributed by atoms with Crippen LogP contribution in [-0.2, 0) is 6.42 Å². The van der Waals surface area contributed by atoms with E-state index in [0.717, 1.165) is 29.8 Å². The summed E-state index contributed by atoms with van der Waals surface area (Å²) in [4.78, 5) is 4.38. The van der Waals surface area contributed by atoms with E-state index in [9.17, 15) is 0 Å². The Bertz CT molecular complexity index is 766. The lowest BCUT2D eigenvalue weighted by atomic mass is 10.0. The second-order valence-electron chi connectivity index (χ2n) is 4.87. The molecule has 0 saturated heterocycles. The maximum absolute atomic E-state index is 6.08. The zero-order chi connectivity index (χ0) is 13.4. The number of fused-ring (bicyclic) bond motifs is 2. The van der Waals surface area contributed by atoms with Crippen molar-refractivity contribution in [2.24, 2.45) is 0 Å². The van der Waals surface area contributed by atoms with Crippen molar-refractivity contribution < 1.29 is 4.74 Å². The van der Waals surface area contributed by atoms with Gasteiger partial charge in [-0.3, -0.25) is 0 Å². The van der Waals surface area contributed by atoms with E-state index in [4.69, 9.17) is 4.74 Å². The average Bonchev–Trinajstić information content (AvgIpc) is 2.97. The lowest BCUT2D eigenvalue weighted by Gasteiger charge is -2.20. The first-order valence-corrected chi connectivity index (χ1v) is 7.65. The molecule has 0 unspecified atom stereocenters. The van der Waals surface area contributed by atoms with Crippen LogP contribution in [0, 0.1) is 0 Å². The minimum Gasteiger partial charge on any atom is -0.436 e. The van der Waals surface area contributed by atoms with Crippen molar-refractivity contribution in [1.29, 1.82) is 0 Å². The number of aryl methyl sites for hydroxylation is 1. The van der Waals surface area contributed by atoms with Gasteiger partial charge in [-0.1, -0.05) is 12.1 Å². The van der Waals surface area contributed by atoms with Crippen LogP contribution in [0.3, 0.4) is 0 Å². The summed E-state index contributed by atoms with van der Waals surface area (Å²) in [6.45, 7) is 1.00. The summed E-state index contributed by atoms with van der Waals surface area (Å²) < 4.78 is 7.28. The molecule has 100 valence electrons. The van der Waals surface area contributed by atoms with Crippen molar-refractivity contribution in [3.8, 4) is 11.6 Å². The standard InChI is InChI=1S/C16H14N2OS/c1-3-11-4-2-8-17-15(11)13(5-1)19-16-12-7-10-20-14(12)6-9-18-16/h1,3,5-7,9-10,17H,2,4,8H2. The topological polar surface area (TPSA) is 34.1 Å². The number of nitrogens with zero attached hydrogens (tertiary/aromatic N) is 1. The molecule has 3 aromatic rings. The number of nitrogens with one attached hydrogen (secondary N) is 1. The number of hydrogen-bond donors (Lipinski definition) is 1. The highest BCUT2D eigenvalue weighted by Gasteiger charge is 2.15. The molecule has 0 radical (unpaired) electrons. The fraction of sp³-hybridized carbons (Fsp3) is 0.188. The molecule has 0 atom stereocenters. The van der Waals surface area contributed by atoms with Crippen LogP contribution in [0.4, 0.5) is 5.69 Å². The van der Waals surface area contributed by atoms with Crippen LogP contribution in [0.25, 0.3) is 10.1 Å². The Morgan fingerprint density at radius 2 is 2.20 bits per heavy atom. The number of pyridine rings is 1. The highest BCUT2D eigenvalue weighted by Crippen LogP contribution is 2.37. The summed E-state index contributed by atoms with van der Waals surface area (Å²) in [5, 5.41) is 6.59. The molecule has 4 heteroatoms. The summed E-state index contributed by atoms with van der Waals surface area (Å²) in [5.74, 6) is 1.55. The lowest BCUT2D eigenvalue weighted by molar-refractivity contribution is 0.469. The van der Waals surface area contributed by atoms with Crippen molar-refractivity contribution in [2.45, 2.75) is 12.8 Å². The molecule has 1 aliphatic rings. The smallest absolute Gasteiger partial charge is 0.228 e. The van der Waals surface area contributed by atoms with E-state index in [0.29, 0.717) is 5.88 Å². The SMILES string of the molecule is c1cc2c(c(Oc3nccc4sccc34)c1)NCCC2. The molecule has 2 aromatic heterocycles. The van der Waals surface area contributed by atoms with Crippen LogP contribution in [0.2, 0.25) is 0 Å². The fourth-order valence-electron chi connectivity index (χ4n) is 2.62. The Labute approximate surface area is 121 Å². The zero-order valence-corrected chi connectivity index (χ0v) is 11.7. The van der Waals surface area contributed by atoms with E-state index in [1.165, 1.54) is 16.7 Å². The number of anilines is 1. The molecule has 0 spiro atoms. The van der Waals surface area contributed by atoms with E-state index >= 15 is 0 Å². The van der Waals surface area contributed by atoms with Crippen LogP contribution in [-0.4, -0.2) is 11.5 Å². The van der Waals surface area contributed by atoms with Crippen LogP contribution < -0.4 is 10.1 Å². The number of hydrogen-bond acceptors (Lipinski definition) is 4. The molecule has 4 rings (SSSR count). The summed E-state index contributed by atoms with van der Waals surface area (Å²) in [6.07, 6.45) is 4.08. The van der Waals surface area contributed by atoms with Gasteiger partial charge in [0.25, 0.3) is 0 Å². The average molecular weight is 282 g/mol. The molecule has 0 saturated carbocycles. The van der Waals surface area contributed by atoms with E-state index in [1.54, 1.807) is 17.5 Å². The normalized spacial score (nSPS) is 13.8. The minimum absolute atomic E-state index is 0.685. The predicted molar refractivity (Wildman–Crippen MR) is 82.9 cm³/mol. The number of aromatic nitrogens is 1. The maximum atomic E-state index is 6.08. The summed E-state index contributed by atoms with van der Waals surface area (Å²) in [7, 11) is 0. The Balaban J connectivity index is 1.78. The molecular formula is C16H14N2OS. The molecule has 0 aliphatic carbocycles. The second kappa shape index (κ2) is 4.80. The van der Waals surface area contributed by atoms with Gasteiger partial charge in [-0.25, -0.2) is 4.98 Å². The number of ether oxygens (including phenoxy) is 1. The molecule has 0 bridgehead atoms. The monoisotopic (exact) mass is 282 g/mol. The second-order valence-corrected chi connectivity index (χ2v) is 5.82. The lowest BCUT2D eigenvalue weighted by Crippen LogP contribution is -2.12. The van der Waals surface area contributed by atoms with Crippen LogP contribution in [0.5, 0.6) is 11.6 Å². The first kappa shape index (κ1) is 11.7. The van der Waals surface area contributed by atoms with Gasteiger partial charge in [-0.15, -0.1) is 11.3 Å². The first-order chi connectivity index (χ1) is 9.92. The third-order valence-electron chi connectivity index (χ3n) is 3.59. The van der Waals surface area contributed by atoms with Gasteiger partial charge >= 0.3 is 0 Å². The molecule has 3 nitrogen and oxygen atoms in total. The van der Waals surface area contributed by atoms with Crippen molar-refractivity contribution in [1.82, 2.24) is 4.98 Å². The van der Waals surface area contributed by atoms with Crippen molar-refractivity contribution in [2.75, 3.05) is 11.9 Å². The van der Waals surface area contributed by atoms with Gasteiger partial charge in [0.1, 0.15) is 0 Å². The third-order valence-corrected chi connectivity index (χ3v) is 4.47. The van der Waals surface area contributed by atoms with Gasteiger partial charge in [-0.05, 0) is 42.0 Å². The number of thiophene rings is 1. The molecule has 0 fully saturated rings. The largest absolute Gasteiger partial charge is 0.436 e. The van der Waals surface area contributed by atoms with Crippen LogP contribution >= 0.6 is 11.3 Å². The molecule has 1 N–H and O–H groups in total. The van der Waals surface area contributed by atoms with Gasteiger partial charge in [0.15, 0.2) is 5.75 Å². The number of para-hydroxylation sites is 1. The Hall–Kier alpha value is -2.07. The van der Waals surface area contributed by atoms with Gasteiger partial charge < -0.3 is 10.1 Å². The maximum Gasteiger partial charge on any atom is 0.228 e. The highest BCUT2D eigenvalue weighted by molar-refractivity contribution is 7.17. The van der Waals surface area contributed by atoms with Crippen molar-refractivity contribution in [3.63, 3.8) is 0 Å². The quantitative estimate of drug-likeness (QED) is 0.754. The van der Waals surface area contributed by atoms with Crippen LogP contribution in [0.15, 0.2) is 41.9 Å². The van der Waals surface area contributed by atoms with E-state index in [2.05, 4.69) is 33.9 Å². The minimum atomic E-state index is 0.685. The van der Waals surface area contributed by atoms with Crippen molar-refractivity contribution in [3.05, 3.63) is 47.5 Å². The Morgan fingerprint density at radius 3 is 3.20 bits per heavy atom. The molecule has 1 aliphatic heterocycles. The van der Waals surface area contributed by atoms with Crippen molar-refractivity contribution >= 4 is 27.1 Å². The first-order valence-electron chi connectivity index (χ1n) is 6.78. The molecule has 0 amide bonds. The molecule has 20 heavy (non-hydrogen) atoms.